The fraction of sp³-hybridized carbons (Fsp3) is 0.267. The van der Waals surface area contributed by atoms with Crippen LogP contribution in [-0.2, 0) is 11.8 Å². The highest BCUT2D eigenvalue weighted by molar-refractivity contribution is 6.08. The number of nitrogens with zero attached hydrogens (tertiary/aromatic N) is 2. The number of esters is 1. The molecule has 3 rings (SSSR count). The number of amides is 1. The number of methoxy groups -OCH3 is 1. The molecule has 1 N–H and O–H groups in total. The second kappa shape index (κ2) is 5.64. The van der Waals surface area contributed by atoms with Crippen LogP contribution in [0.15, 0.2) is 18.2 Å². The number of rotatable bonds is 3. The summed E-state index contributed by atoms with van der Waals surface area (Å²) in [5.41, 5.74) is 1.40. The average Bonchev–Trinajstić information content (AvgIpc) is 3.13. The third kappa shape index (κ3) is 2.59. The van der Waals surface area contributed by atoms with Gasteiger partial charge < -0.3 is 19.5 Å². The van der Waals surface area contributed by atoms with Gasteiger partial charge in [-0.15, -0.1) is 0 Å². The molecule has 1 aliphatic rings. The predicted octanol–water partition coefficient (Wildman–Crippen LogP) is 1.50. The Morgan fingerprint density at radius 3 is 2.78 bits per heavy atom. The number of fused-ring (bicyclic) bond motifs is 1. The molecule has 1 aromatic heterocycles. The van der Waals surface area contributed by atoms with Crippen molar-refractivity contribution in [3.05, 3.63) is 35.2 Å². The number of carbonyl (C=O) groups excluding carboxylic acids is 2. The molecule has 8 heteroatoms. The zero-order valence-electron chi connectivity index (χ0n) is 12.9. The molecule has 120 valence electrons. The van der Waals surface area contributed by atoms with Crippen molar-refractivity contribution in [2.75, 3.05) is 19.2 Å². The van der Waals surface area contributed by atoms with Gasteiger partial charge in [-0.3, -0.25) is 9.48 Å². The first kappa shape index (κ1) is 14.9. The second-order valence-corrected chi connectivity index (χ2v) is 4.95. The van der Waals surface area contributed by atoms with E-state index in [0.29, 0.717) is 28.4 Å². The van der Waals surface area contributed by atoms with Crippen LogP contribution in [0.2, 0.25) is 0 Å². The number of aromatic nitrogens is 2. The van der Waals surface area contributed by atoms with Crippen LogP contribution in [0.3, 0.4) is 0 Å². The third-order valence-electron chi connectivity index (χ3n) is 3.59. The number of aryl methyl sites for hydroxylation is 1. The zero-order chi connectivity index (χ0) is 16.6. The first-order valence-electron chi connectivity index (χ1n) is 6.84. The van der Waals surface area contributed by atoms with Crippen LogP contribution in [0.1, 0.15) is 26.5 Å². The van der Waals surface area contributed by atoms with Crippen molar-refractivity contribution in [3.63, 3.8) is 0 Å². The Hall–Kier alpha value is -3.03. The van der Waals surface area contributed by atoms with Gasteiger partial charge in [0.1, 0.15) is 0 Å². The number of hydrogen-bond acceptors (Lipinski definition) is 6. The number of carbonyl (C=O) groups is 2. The molecule has 1 aromatic carbocycles. The molecule has 23 heavy (non-hydrogen) atoms. The van der Waals surface area contributed by atoms with E-state index in [4.69, 9.17) is 14.2 Å². The Kier molecular flexibility index (Phi) is 3.65. The fourth-order valence-corrected chi connectivity index (χ4v) is 2.22. The van der Waals surface area contributed by atoms with E-state index < -0.39 is 5.97 Å². The Morgan fingerprint density at radius 1 is 1.30 bits per heavy atom. The summed E-state index contributed by atoms with van der Waals surface area (Å²) in [6.45, 7) is 1.88. The molecule has 2 aromatic rings. The van der Waals surface area contributed by atoms with Gasteiger partial charge in [0.15, 0.2) is 17.2 Å². The summed E-state index contributed by atoms with van der Waals surface area (Å²) >= 11 is 0. The van der Waals surface area contributed by atoms with Crippen molar-refractivity contribution in [2.24, 2.45) is 7.05 Å². The van der Waals surface area contributed by atoms with E-state index >= 15 is 0 Å². The summed E-state index contributed by atoms with van der Waals surface area (Å²) in [5, 5.41) is 6.77. The molecular weight excluding hydrogens is 302 g/mol. The molecule has 0 unspecified atom stereocenters. The summed E-state index contributed by atoms with van der Waals surface area (Å²) < 4.78 is 16.7. The maximum absolute atomic E-state index is 12.4. The molecule has 1 aliphatic heterocycles. The number of nitrogens with one attached hydrogen (secondary N) is 1. The van der Waals surface area contributed by atoms with E-state index in [1.54, 1.807) is 32.2 Å². The van der Waals surface area contributed by atoms with E-state index in [-0.39, 0.29) is 18.4 Å². The smallest absolute Gasteiger partial charge is 0.360 e. The van der Waals surface area contributed by atoms with Gasteiger partial charge in [0.2, 0.25) is 6.79 Å². The van der Waals surface area contributed by atoms with Crippen LogP contribution in [0.4, 0.5) is 5.69 Å². The van der Waals surface area contributed by atoms with Gasteiger partial charge in [-0.05, 0) is 25.1 Å². The minimum atomic E-state index is -0.616. The largest absolute Gasteiger partial charge is 0.464 e. The summed E-state index contributed by atoms with van der Waals surface area (Å²) in [6.07, 6.45) is 0. The maximum atomic E-state index is 12.4. The van der Waals surface area contributed by atoms with Crippen molar-refractivity contribution in [1.29, 1.82) is 0 Å². The second-order valence-electron chi connectivity index (χ2n) is 4.95. The summed E-state index contributed by atoms with van der Waals surface area (Å²) in [4.78, 5) is 24.2. The molecule has 0 aliphatic carbocycles. The lowest BCUT2D eigenvalue weighted by Gasteiger charge is -2.07. The summed E-state index contributed by atoms with van der Waals surface area (Å²) in [6, 6.07) is 4.86. The minimum absolute atomic E-state index is 0.0570. The highest BCUT2D eigenvalue weighted by atomic mass is 16.7. The fourth-order valence-electron chi connectivity index (χ4n) is 2.22. The number of benzene rings is 1. The van der Waals surface area contributed by atoms with Crippen LogP contribution in [0.25, 0.3) is 0 Å². The molecule has 0 fully saturated rings. The van der Waals surface area contributed by atoms with Gasteiger partial charge >= 0.3 is 5.97 Å². The normalized spacial score (nSPS) is 12.1. The van der Waals surface area contributed by atoms with Gasteiger partial charge in [0, 0.05) is 12.6 Å². The maximum Gasteiger partial charge on any atom is 0.360 e. The van der Waals surface area contributed by atoms with Crippen molar-refractivity contribution in [1.82, 2.24) is 9.78 Å². The van der Waals surface area contributed by atoms with E-state index in [2.05, 4.69) is 10.4 Å². The topological polar surface area (TPSA) is 91.7 Å². The van der Waals surface area contributed by atoms with Crippen molar-refractivity contribution in [3.8, 4) is 11.5 Å². The lowest BCUT2D eigenvalue weighted by molar-refractivity contribution is 0.0594. The monoisotopic (exact) mass is 317 g/mol. The highest BCUT2D eigenvalue weighted by Crippen LogP contribution is 2.33. The molecule has 0 atom stereocenters. The third-order valence-corrected chi connectivity index (χ3v) is 3.59. The molecular formula is C15H15N3O5. The minimum Gasteiger partial charge on any atom is -0.464 e. The van der Waals surface area contributed by atoms with Gasteiger partial charge in [-0.2, -0.15) is 5.10 Å². The van der Waals surface area contributed by atoms with Crippen LogP contribution in [0.5, 0.6) is 11.5 Å². The molecule has 0 radical (unpaired) electrons. The Balaban J connectivity index is 1.90. The standard InChI is InChI=1S/C15H15N3O5/c1-8-12(13(15(20)21-3)17-18(8)2)16-14(19)9-4-5-10-11(6-9)23-7-22-10/h4-6H,7H2,1-3H3,(H,16,19). The molecule has 2 heterocycles. The molecule has 0 saturated heterocycles. The molecule has 0 bridgehead atoms. The van der Waals surface area contributed by atoms with E-state index in [9.17, 15) is 9.59 Å². The number of anilines is 1. The lowest BCUT2D eigenvalue weighted by atomic mass is 10.1. The van der Waals surface area contributed by atoms with Gasteiger partial charge in [-0.1, -0.05) is 0 Å². The molecule has 8 nitrogen and oxygen atoms in total. The van der Waals surface area contributed by atoms with E-state index in [1.807, 2.05) is 0 Å². The Bertz CT molecular complexity index is 797. The number of hydrogen-bond donors (Lipinski definition) is 1. The van der Waals surface area contributed by atoms with Crippen molar-refractivity contribution >= 4 is 17.6 Å². The van der Waals surface area contributed by atoms with Crippen molar-refractivity contribution < 1.29 is 23.8 Å². The van der Waals surface area contributed by atoms with Crippen LogP contribution in [0, 0.1) is 6.92 Å². The van der Waals surface area contributed by atoms with Crippen molar-refractivity contribution in [2.45, 2.75) is 6.92 Å². The molecule has 1 amide bonds. The first-order valence-corrected chi connectivity index (χ1v) is 6.84. The zero-order valence-corrected chi connectivity index (χ0v) is 12.9. The average molecular weight is 317 g/mol. The molecule has 0 saturated carbocycles. The van der Waals surface area contributed by atoms with Gasteiger partial charge in [-0.25, -0.2) is 4.79 Å². The SMILES string of the molecule is COC(=O)c1nn(C)c(C)c1NC(=O)c1ccc2c(c1)OCO2. The van der Waals surface area contributed by atoms with Crippen LogP contribution >= 0.6 is 0 Å². The quantitative estimate of drug-likeness (QED) is 0.863. The molecule has 0 spiro atoms. The summed E-state index contributed by atoms with van der Waals surface area (Å²) in [7, 11) is 2.94. The Morgan fingerprint density at radius 2 is 2.04 bits per heavy atom. The van der Waals surface area contributed by atoms with E-state index in [1.165, 1.54) is 11.8 Å². The highest BCUT2D eigenvalue weighted by Gasteiger charge is 2.23. The predicted molar refractivity (Wildman–Crippen MR) is 79.8 cm³/mol. The van der Waals surface area contributed by atoms with Gasteiger partial charge in [0.05, 0.1) is 18.5 Å². The first-order chi connectivity index (χ1) is 11.0. The van der Waals surface area contributed by atoms with E-state index in [0.717, 1.165) is 0 Å². The lowest BCUT2D eigenvalue weighted by Crippen LogP contribution is -2.15. The van der Waals surface area contributed by atoms with Gasteiger partial charge in [0.25, 0.3) is 5.91 Å². The summed E-state index contributed by atoms with van der Waals surface area (Å²) in [5.74, 6) is 0.0994. The van der Waals surface area contributed by atoms with Crippen LogP contribution in [-0.4, -0.2) is 35.6 Å². The Labute approximate surface area is 131 Å². The van der Waals surface area contributed by atoms with Crippen LogP contribution < -0.4 is 14.8 Å². The number of ether oxygens (including phenoxy) is 3.